The average molecular weight is 212 g/mol. The van der Waals surface area contributed by atoms with Crippen LogP contribution >= 0.6 is 0 Å². The number of carbonyl (C=O) groups is 2. The quantitative estimate of drug-likeness (QED) is 0.483. The predicted molar refractivity (Wildman–Crippen MR) is 48.9 cm³/mol. The summed E-state index contributed by atoms with van der Waals surface area (Å²) in [6.45, 7) is 1.34. The van der Waals surface area contributed by atoms with Gasteiger partial charge in [-0.3, -0.25) is 4.79 Å². The van der Waals surface area contributed by atoms with Gasteiger partial charge in [-0.1, -0.05) is 0 Å². The molecule has 2 rings (SSSR count). The van der Waals surface area contributed by atoms with E-state index < -0.39 is 0 Å². The second kappa shape index (κ2) is 3.66. The highest BCUT2D eigenvalue weighted by Gasteiger charge is 2.49. The molecule has 0 bridgehead atoms. The summed E-state index contributed by atoms with van der Waals surface area (Å²) < 4.78 is 14.9. The molecule has 15 heavy (non-hydrogen) atoms. The molecule has 1 aliphatic heterocycles. The maximum absolute atomic E-state index is 11.3. The fourth-order valence-corrected chi connectivity index (χ4v) is 1.77. The number of hydrogen-bond donors (Lipinski definition) is 0. The first-order chi connectivity index (χ1) is 7.11. The van der Waals surface area contributed by atoms with E-state index in [9.17, 15) is 9.59 Å². The molecule has 0 aromatic rings. The normalized spacial score (nSPS) is 32.4. The molecule has 1 fully saturated rings. The van der Waals surface area contributed by atoms with Gasteiger partial charge in [0, 0.05) is 18.9 Å². The van der Waals surface area contributed by atoms with Crippen LogP contribution in [0.5, 0.6) is 0 Å². The summed E-state index contributed by atoms with van der Waals surface area (Å²) in [6, 6.07) is 0. The van der Waals surface area contributed by atoms with Gasteiger partial charge in [0.1, 0.15) is 18.3 Å². The molecule has 2 aliphatic rings. The summed E-state index contributed by atoms with van der Waals surface area (Å²) in [5, 5.41) is 0. The van der Waals surface area contributed by atoms with Gasteiger partial charge in [0.05, 0.1) is 7.11 Å². The van der Waals surface area contributed by atoms with Gasteiger partial charge in [0.15, 0.2) is 0 Å². The fraction of sp³-hybridized carbons (Fsp3) is 0.600. The van der Waals surface area contributed by atoms with Crippen LogP contribution in [-0.4, -0.2) is 37.4 Å². The number of epoxide rings is 1. The van der Waals surface area contributed by atoms with Crippen LogP contribution in [0.25, 0.3) is 0 Å². The molecule has 5 nitrogen and oxygen atoms in total. The summed E-state index contributed by atoms with van der Waals surface area (Å²) in [4.78, 5) is 22.1. The van der Waals surface area contributed by atoms with Crippen molar-refractivity contribution in [1.82, 2.24) is 0 Å². The number of hydrogen-bond acceptors (Lipinski definition) is 5. The van der Waals surface area contributed by atoms with Gasteiger partial charge in [0.25, 0.3) is 0 Å². The van der Waals surface area contributed by atoms with Crippen molar-refractivity contribution in [2.75, 3.05) is 7.11 Å². The van der Waals surface area contributed by atoms with E-state index in [0.717, 1.165) is 0 Å². The molecule has 1 saturated heterocycles. The Balaban J connectivity index is 2.05. The maximum Gasteiger partial charge on any atom is 0.333 e. The second-order valence-electron chi connectivity index (χ2n) is 3.60. The molecule has 1 heterocycles. The molecular formula is C10H12O5. The van der Waals surface area contributed by atoms with Crippen LogP contribution < -0.4 is 0 Å². The number of esters is 2. The van der Waals surface area contributed by atoms with E-state index in [2.05, 4.69) is 4.74 Å². The molecule has 1 aliphatic carbocycles. The number of carbonyl (C=O) groups excluding carboxylic acids is 2. The third kappa shape index (κ3) is 2.02. The largest absolute Gasteiger partial charge is 0.466 e. The molecule has 3 unspecified atom stereocenters. The Morgan fingerprint density at radius 2 is 2.27 bits per heavy atom. The van der Waals surface area contributed by atoms with Crippen molar-refractivity contribution in [2.45, 2.75) is 31.7 Å². The third-order valence-corrected chi connectivity index (χ3v) is 2.48. The first kappa shape index (κ1) is 10.2. The van der Waals surface area contributed by atoms with Crippen molar-refractivity contribution in [3.05, 3.63) is 11.6 Å². The molecule has 0 saturated carbocycles. The summed E-state index contributed by atoms with van der Waals surface area (Å²) >= 11 is 0. The second-order valence-corrected chi connectivity index (χ2v) is 3.60. The minimum Gasteiger partial charge on any atom is -0.466 e. The summed E-state index contributed by atoms with van der Waals surface area (Å²) in [5.74, 6) is -0.749. The highest BCUT2D eigenvalue weighted by molar-refractivity contribution is 5.89. The van der Waals surface area contributed by atoms with Crippen LogP contribution in [0.15, 0.2) is 11.6 Å². The summed E-state index contributed by atoms with van der Waals surface area (Å²) in [5.41, 5.74) is 0.516. The van der Waals surface area contributed by atoms with E-state index in [1.807, 2.05) is 0 Å². The SMILES string of the molecule is COC(=O)C1=CC2OC2C(OC(C)=O)C1. The fourth-order valence-electron chi connectivity index (χ4n) is 1.77. The van der Waals surface area contributed by atoms with Crippen LogP contribution in [0.1, 0.15) is 13.3 Å². The molecule has 5 heteroatoms. The molecule has 0 aromatic carbocycles. The molecule has 3 atom stereocenters. The smallest absolute Gasteiger partial charge is 0.333 e. The lowest BCUT2D eigenvalue weighted by molar-refractivity contribution is -0.148. The Labute approximate surface area is 87.0 Å². The van der Waals surface area contributed by atoms with Crippen LogP contribution in [-0.2, 0) is 23.8 Å². The molecule has 0 spiro atoms. The first-order valence-corrected chi connectivity index (χ1v) is 4.73. The lowest BCUT2D eigenvalue weighted by Crippen LogP contribution is -2.29. The lowest BCUT2D eigenvalue weighted by Gasteiger charge is -2.18. The zero-order valence-corrected chi connectivity index (χ0v) is 8.56. The Morgan fingerprint density at radius 1 is 1.53 bits per heavy atom. The monoisotopic (exact) mass is 212 g/mol. The van der Waals surface area contributed by atoms with Gasteiger partial charge in [0.2, 0.25) is 0 Å². The van der Waals surface area contributed by atoms with Gasteiger partial charge in [-0.2, -0.15) is 0 Å². The topological polar surface area (TPSA) is 65.1 Å². The van der Waals surface area contributed by atoms with Crippen LogP contribution in [0.4, 0.5) is 0 Å². The first-order valence-electron chi connectivity index (χ1n) is 4.73. The average Bonchev–Trinajstić information content (AvgIpc) is 2.94. The van der Waals surface area contributed by atoms with Gasteiger partial charge in [-0.05, 0) is 6.08 Å². The van der Waals surface area contributed by atoms with Crippen LogP contribution in [0.3, 0.4) is 0 Å². The van der Waals surface area contributed by atoms with E-state index in [0.29, 0.717) is 12.0 Å². The minimum atomic E-state index is -0.388. The van der Waals surface area contributed by atoms with Crippen molar-refractivity contribution in [1.29, 1.82) is 0 Å². The Bertz CT molecular complexity index is 333. The molecule has 0 N–H and O–H groups in total. The van der Waals surface area contributed by atoms with Crippen molar-refractivity contribution >= 4 is 11.9 Å². The van der Waals surface area contributed by atoms with Crippen LogP contribution in [0, 0.1) is 0 Å². The minimum absolute atomic E-state index is 0.0812. The van der Waals surface area contributed by atoms with E-state index in [4.69, 9.17) is 9.47 Å². The molecule has 0 aromatic heterocycles. The standard InChI is InChI=1S/C10H12O5/c1-5(11)14-7-3-6(10(12)13-2)4-8-9(7)15-8/h4,7-9H,3H2,1-2H3. The molecule has 0 amide bonds. The zero-order chi connectivity index (χ0) is 11.0. The van der Waals surface area contributed by atoms with Crippen molar-refractivity contribution in [2.24, 2.45) is 0 Å². The van der Waals surface area contributed by atoms with E-state index in [-0.39, 0.29) is 30.3 Å². The van der Waals surface area contributed by atoms with Crippen molar-refractivity contribution < 1.29 is 23.8 Å². The van der Waals surface area contributed by atoms with Crippen LogP contribution in [0.2, 0.25) is 0 Å². The number of fused-ring (bicyclic) bond motifs is 1. The summed E-state index contributed by atoms with van der Waals surface area (Å²) in [6.07, 6.45) is 1.57. The predicted octanol–water partition coefficient (Wildman–Crippen LogP) is 0.189. The van der Waals surface area contributed by atoms with Crippen molar-refractivity contribution in [3.8, 4) is 0 Å². The number of methoxy groups -OCH3 is 1. The van der Waals surface area contributed by atoms with Gasteiger partial charge in [-0.25, -0.2) is 4.79 Å². The van der Waals surface area contributed by atoms with E-state index in [1.165, 1.54) is 14.0 Å². The Morgan fingerprint density at radius 3 is 2.87 bits per heavy atom. The number of ether oxygens (including phenoxy) is 3. The van der Waals surface area contributed by atoms with E-state index in [1.54, 1.807) is 6.08 Å². The van der Waals surface area contributed by atoms with Gasteiger partial charge < -0.3 is 14.2 Å². The number of rotatable bonds is 2. The summed E-state index contributed by atoms with van der Waals surface area (Å²) in [7, 11) is 1.32. The van der Waals surface area contributed by atoms with E-state index >= 15 is 0 Å². The van der Waals surface area contributed by atoms with Gasteiger partial charge in [-0.15, -0.1) is 0 Å². The molecular weight excluding hydrogens is 200 g/mol. The molecule has 82 valence electrons. The molecule has 0 radical (unpaired) electrons. The lowest BCUT2D eigenvalue weighted by atomic mass is 9.97. The third-order valence-electron chi connectivity index (χ3n) is 2.48. The maximum atomic E-state index is 11.3. The van der Waals surface area contributed by atoms with Gasteiger partial charge >= 0.3 is 11.9 Å². The Hall–Kier alpha value is -1.36. The Kier molecular flexibility index (Phi) is 2.48. The highest BCUT2D eigenvalue weighted by Crippen LogP contribution is 2.37. The highest BCUT2D eigenvalue weighted by atomic mass is 16.6. The van der Waals surface area contributed by atoms with Crippen molar-refractivity contribution in [3.63, 3.8) is 0 Å². The zero-order valence-electron chi connectivity index (χ0n) is 8.56.